The Morgan fingerprint density at radius 2 is 2.16 bits per heavy atom. The monoisotopic (exact) mass is 284 g/mol. The molecule has 8 nitrogen and oxygen atoms in total. The number of aromatic amines is 1. The molecule has 0 saturated carbocycles. The summed E-state index contributed by atoms with van der Waals surface area (Å²) in [6, 6.07) is 4.65. The largest absolute Gasteiger partial charge is 0.778 e. The molecule has 2 rings (SSSR count). The van der Waals surface area contributed by atoms with Crippen molar-refractivity contribution in [3.8, 4) is 0 Å². The third kappa shape index (κ3) is 3.37. The highest BCUT2D eigenvalue weighted by Gasteiger charge is 2.11. The van der Waals surface area contributed by atoms with Gasteiger partial charge in [0.15, 0.2) is 0 Å². The number of hydrogen-bond acceptors (Lipinski definition) is 7. The lowest BCUT2D eigenvalue weighted by atomic mass is 10.2. The summed E-state index contributed by atoms with van der Waals surface area (Å²) < 4.78 is 20.1. The Hall–Kier alpha value is -1.76. The summed E-state index contributed by atoms with van der Waals surface area (Å²) in [5.41, 5.74) is 1.43. The van der Waals surface area contributed by atoms with Crippen molar-refractivity contribution in [1.29, 1.82) is 0 Å². The van der Waals surface area contributed by atoms with E-state index in [1.807, 2.05) is 0 Å². The van der Waals surface area contributed by atoms with Gasteiger partial charge in [-0.1, -0.05) is 0 Å². The van der Waals surface area contributed by atoms with Crippen LogP contribution in [-0.2, 0) is 13.8 Å². The number of carbonyl (C=O) groups is 1. The van der Waals surface area contributed by atoms with Gasteiger partial charge in [0.2, 0.25) is 0 Å². The van der Waals surface area contributed by atoms with Crippen molar-refractivity contribution in [3.63, 3.8) is 0 Å². The second kappa shape index (κ2) is 5.48. The fraction of sp³-hybridized carbons (Fsp3) is 0.300. The summed E-state index contributed by atoms with van der Waals surface area (Å²) in [6.07, 6.45) is -0.360. The van der Waals surface area contributed by atoms with Crippen molar-refractivity contribution in [3.05, 3.63) is 23.8 Å². The van der Waals surface area contributed by atoms with Crippen LogP contribution in [0.4, 0.5) is 0 Å². The van der Waals surface area contributed by atoms with Gasteiger partial charge in [0.25, 0.3) is 0 Å². The van der Waals surface area contributed by atoms with Crippen LogP contribution in [0.25, 0.3) is 11.0 Å². The standard InChI is InChI=1S/C10H12N3O5P/c1-17-19(15,16)5-4-18-10(14)7-2-3-8-9(6-7)12-13-11-8/h2-3,6H,4-5H2,1H3,(H,15,16)(H,11,12,13)/p-1. The number of ether oxygens (including phenoxy) is 1. The van der Waals surface area contributed by atoms with Crippen LogP contribution in [0.2, 0.25) is 0 Å². The third-order valence-corrected chi connectivity index (χ3v) is 3.72. The Labute approximate surface area is 108 Å². The summed E-state index contributed by atoms with van der Waals surface area (Å²) in [5, 5.41) is 10.1. The Bertz CT molecular complexity index is 641. The molecule has 102 valence electrons. The highest BCUT2D eigenvalue weighted by atomic mass is 31.2. The van der Waals surface area contributed by atoms with E-state index in [0.29, 0.717) is 11.0 Å². The van der Waals surface area contributed by atoms with Crippen LogP contribution >= 0.6 is 7.60 Å². The molecule has 0 aliphatic heterocycles. The summed E-state index contributed by atoms with van der Waals surface area (Å²) >= 11 is 0. The van der Waals surface area contributed by atoms with Crippen LogP contribution < -0.4 is 4.89 Å². The van der Waals surface area contributed by atoms with Crippen molar-refractivity contribution in [2.45, 2.75) is 0 Å². The van der Waals surface area contributed by atoms with Crippen LogP contribution in [0, 0.1) is 0 Å². The van der Waals surface area contributed by atoms with E-state index in [-0.39, 0.29) is 18.3 Å². The van der Waals surface area contributed by atoms with Crippen molar-refractivity contribution in [1.82, 2.24) is 15.4 Å². The average molecular weight is 284 g/mol. The molecule has 1 heterocycles. The Morgan fingerprint density at radius 3 is 2.89 bits per heavy atom. The van der Waals surface area contributed by atoms with Gasteiger partial charge >= 0.3 is 5.97 Å². The van der Waals surface area contributed by atoms with Gasteiger partial charge in [-0.2, -0.15) is 15.4 Å². The maximum atomic E-state index is 11.7. The number of H-pyrrole nitrogens is 1. The smallest absolute Gasteiger partial charge is 0.338 e. The maximum absolute atomic E-state index is 11.7. The maximum Gasteiger partial charge on any atom is 0.338 e. The molecule has 0 amide bonds. The van der Waals surface area contributed by atoms with E-state index in [2.05, 4.69) is 19.9 Å². The summed E-state index contributed by atoms with van der Waals surface area (Å²) in [4.78, 5) is 22.7. The fourth-order valence-electron chi connectivity index (χ4n) is 1.39. The lowest BCUT2D eigenvalue weighted by Crippen LogP contribution is -2.14. The zero-order chi connectivity index (χ0) is 13.9. The molecule has 19 heavy (non-hydrogen) atoms. The van der Waals surface area contributed by atoms with E-state index in [4.69, 9.17) is 4.74 Å². The number of nitrogens with one attached hydrogen (secondary N) is 1. The molecular formula is C10H11N3O5P-. The van der Waals surface area contributed by atoms with Crippen molar-refractivity contribution < 1.29 is 23.5 Å². The molecule has 1 atom stereocenters. The van der Waals surface area contributed by atoms with Gasteiger partial charge in [-0.25, -0.2) is 4.79 Å². The minimum atomic E-state index is -3.91. The molecule has 1 aromatic heterocycles. The van der Waals surface area contributed by atoms with E-state index in [0.717, 1.165) is 7.11 Å². The Kier molecular flexibility index (Phi) is 3.94. The van der Waals surface area contributed by atoms with E-state index >= 15 is 0 Å². The van der Waals surface area contributed by atoms with Crippen LogP contribution in [0.15, 0.2) is 18.2 Å². The third-order valence-electron chi connectivity index (χ3n) is 2.43. The molecule has 2 aromatic rings. The molecular weight excluding hydrogens is 273 g/mol. The first-order chi connectivity index (χ1) is 9.02. The van der Waals surface area contributed by atoms with Gasteiger partial charge in [-0.05, 0) is 18.2 Å². The number of rotatable bonds is 5. The van der Waals surface area contributed by atoms with Gasteiger partial charge in [-0.3, -0.25) is 0 Å². The first-order valence-electron chi connectivity index (χ1n) is 5.35. The van der Waals surface area contributed by atoms with Crippen LogP contribution in [-0.4, -0.2) is 41.3 Å². The SMILES string of the molecule is COP(=O)([O-])CCOC(=O)c1ccc2n[nH]nc2c1. The molecule has 9 heteroatoms. The first kappa shape index (κ1) is 13.7. The molecule has 0 radical (unpaired) electrons. The number of hydrogen-bond donors (Lipinski definition) is 1. The molecule has 0 fully saturated rings. The molecule has 0 aliphatic rings. The van der Waals surface area contributed by atoms with E-state index in [9.17, 15) is 14.3 Å². The minimum Gasteiger partial charge on any atom is -0.778 e. The molecule has 0 saturated heterocycles. The Morgan fingerprint density at radius 1 is 1.42 bits per heavy atom. The minimum absolute atomic E-state index is 0.260. The number of esters is 1. The molecule has 0 bridgehead atoms. The normalized spacial score (nSPS) is 14.2. The number of benzene rings is 1. The van der Waals surface area contributed by atoms with Gasteiger partial charge in [0, 0.05) is 13.3 Å². The van der Waals surface area contributed by atoms with Crippen LogP contribution in [0.5, 0.6) is 0 Å². The van der Waals surface area contributed by atoms with Gasteiger partial charge < -0.3 is 18.7 Å². The van der Waals surface area contributed by atoms with Crippen molar-refractivity contribution in [2.75, 3.05) is 19.9 Å². The quantitative estimate of drug-likeness (QED) is 0.620. The highest BCUT2D eigenvalue weighted by molar-refractivity contribution is 7.51. The number of carbonyl (C=O) groups excluding carboxylic acids is 1. The summed E-state index contributed by atoms with van der Waals surface area (Å²) in [6.45, 7) is -0.260. The Balaban J connectivity index is 1.98. The van der Waals surface area contributed by atoms with Gasteiger partial charge in [0.05, 0.1) is 12.2 Å². The number of fused-ring (bicyclic) bond motifs is 1. The van der Waals surface area contributed by atoms with E-state index in [1.165, 1.54) is 12.1 Å². The highest BCUT2D eigenvalue weighted by Crippen LogP contribution is 2.34. The molecule has 1 unspecified atom stereocenters. The zero-order valence-corrected chi connectivity index (χ0v) is 10.9. The average Bonchev–Trinajstić information content (AvgIpc) is 2.85. The predicted octanol–water partition coefficient (Wildman–Crippen LogP) is 0.314. The predicted molar refractivity (Wildman–Crippen MR) is 63.7 cm³/mol. The fourth-order valence-corrected chi connectivity index (χ4v) is 1.89. The van der Waals surface area contributed by atoms with E-state index in [1.54, 1.807) is 6.07 Å². The zero-order valence-electron chi connectivity index (χ0n) is 10.0. The molecule has 0 spiro atoms. The summed E-state index contributed by atoms with van der Waals surface area (Å²) in [5.74, 6) is -0.624. The van der Waals surface area contributed by atoms with Crippen LogP contribution in [0.3, 0.4) is 0 Å². The number of nitrogens with zero attached hydrogens (tertiary/aromatic N) is 2. The summed E-state index contributed by atoms with van der Waals surface area (Å²) in [7, 11) is -2.84. The first-order valence-corrected chi connectivity index (χ1v) is 7.08. The lowest BCUT2D eigenvalue weighted by Gasteiger charge is -2.20. The molecule has 1 N–H and O–H groups in total. The van der Waals surface area contributed by atoms with Crippen molar-refractivity contribution in [2.24, 2.45) is 0 Å². The van der Waals surface area contributed by atoms with Crippen LogP contribution in [0.1, 0.15) is 10.4 Å². The second-order valence-corrected chi connectivity index (χ2v) is 5.71. The van der Waals surface area contributed by atoms with Crippen molar-refractivity contribution >= 4 is 24.6 Å². The topological polar surface area (TPSA) is 117 Å². The molecule has 0 aliphatic carbocycles. The second-order valence-electron chi connectivity index (χ2n) is 3.68. The van der Waals surface area contributed by atoms with E-state index < -0.39 is 13.6 Å². The number of aromatic nitrogens is 3. The molecule has 1 aromatic carbocycles. The van der Waals surface area contributed by atoms with Gasteiger partial charge in [-0.15, -0.1) is 0 Å². The van der Waals surface area contributed by atoms with Gasteiger partial charge in [0.1, 0.15) is 18.6 Å². The lowest BCUT2D eigenvalue weighted by molar-refractivity contribution is -0.196.